The van der Waals surface area contributed by atoms with Gasteiger partial charge in [-0.25, -0.2) is 4.98 Å². The van der Waals surface area contributed by atoms with E-state index in [4.69, 9.17) is 4.98 Å². The Labute approximate surface area is 240 Å². The first kappa shape index (κ1) is 31.2. The van der Waals surface area contributed by atoms with Gasteiger partial charge in [0.15, 0.2) is 0 Å². The molecule has 0 saturated carbocycles. The van der Waals surface area contributed by atoms with Gasteiger partial charge in [0, 0.05) is 30.3 Å². The molecule has 0 spiro atoms. The van der Waals surface area contributed by atoms with Crippen molar-refractivity contribution in [2.24, 2.45) is 0 Å². The maximum Gasteiger partial charge on any atom is 0.112 e. The highest BCUT2D eigenvalue weighted by Gasteiger charge is 2.39. The van der Waals surface area contributed by atoms with E-state index in [1.807, 2.05) is 6.20 Å². The van der Waals surface area contributed by atoms with E-state index < -0.39 is 0 Å². The van der Waals surface area contributed by atoms with E-state index in [0.717, 1.165) is 13.0 Å². The highest BCUT2D eigenvalue weighted by atomic mass is 15.1. The quantitative estimate of drug-likeness (QED) is 0.126. The summed E-state index contributed by atoms with van der Waals surface area (Å²) in [6.07, 6.45) is 25.6. The van der Waals surface area contributed by atoms with E-state index in [0.29, 0.717) is 5.92 Å². The zero-order valence-corrected chi connectivity index (χ0v) is 25.4. The Bertz CT molecular complexity index is 993. The van der Waals surface area contributed by atoms with Gasteiger partial charge >= 0.3 is 0 Å². The topological polar surface area (TPSA) is 17.8 Å². The van der Waals surface area contributed by atoms with Crippen molar-refractivity contribution in [2.75, 3.05) is 0 Å². The molecule has 0 fully saturated rings. The van der Waals surface area contributed by atoms with Gasteiger partial charge in [-0.1, -0.05) is 165 Å². The van der Waals surface area contributed by atoms with Crippen LogP contribution in [0.15, 0.2) is 73.1 Å². The summed E-state index contributed by atoms with van der Waals surface area (Å²) in [6.45, 7) is 8.15. The van der Waals surface area contributed by atoms with Crippen molar-refractivity contribution in [1.82, 2.24) is 9.55 Å². The predicted octanol–water partition coefficient (Wildman–Crippen LogP) is 11.1. The van der Waals surface area contributed by atoms with Crippen molar-refractivity contribution in [2.45, 2.75) is 141 Å². The van der Waals surface area contributed by atoms with Crippen molar-refractivity contribution in [3.63, 3.8) is 0 Å². The first-order valence-electron chi connectivity index (χ1n) is 16.3. The molecule has 3 rings (SSSR count). The van der Waals surface area contributed by atoms with Crippen LogP contribution in [0.3, 0.4) is 0 Å². The van der Waals surface area contributed by atoms with Gasteiger partial charge in [0.1, 0.15) is 5.82 Å². The second-order valence-corrected chi connectivity index (χ2v) is 12.0. The van der Waals surface area contributed by atoms with Gasteiger partial charge in [0.25, 0.3) is 0 Å². The summed E-state index contributed by atoms with van der Waals surface area (Å²) in [5.74, 6) is 1.67. The lowest BCUT2D eigenvalue weighted by molar-refractivity contribution is 0.321. The zero-order valence-electron chi connectivity index (χ0n) is 25.4. The van der Waals surface area contributed by atoms with Crippen LogP contribution in [0.4, 0.5) is 0 Å². The van der Waals surface area contributed by atoms with Gasteiger partial charge in [-0.3, -0.25) is 0 Å². The van der Waals surface area contributed by atoms with Crippen molar-refractivity contribution < 1.29 is 0 Å². The van der Waals surface area contributed by atoms with Crippen LogP contribution in [0.1, 0.15) is 140 Å². The van der Waals surface area contributed by atoms with Crippen LogP contribution in [0.5, 0.6) is 0 Å². The molecule has 1 aromatic heterocycles. The smallest absolute Gasteiger partial charge is 0.112 e. The highest BCUT2D eigenvalue weighted by Crippen LogP contribution is 2.44. The first-order chi connectivity index (χ1) is 19.2. The molecular weight excluding hydrogens is 472 g/mol. The fourth-order valence-electron chi connectivity index (χ4n) is 6.34. The van der Waals surface area contributed by atoms with Gasteiger partial charge in [0.05, 0.1) is 0 Å². The molecule has 0 aliphatic carbocycles. The van der Waals surface area contributed by atoms with Gasteiger partial charge in [-0.15, -0.1) is 0 Å². The van der Waals surface area contributed by atoms with Crippen LogP contribution in [-0.4, -0.2) is 9.55 Å². The first-order valence-corrected chi connectivity index (χ1v) is 16.3. The standard InChI is InChI=1S/C37H56N2/c1-4-6-8-9-10-11-12-13-14-15-16-23-28-35(36-38-29-31-39(36)30-7-5-2)37(3,34-26-21-18-22-27-34)32-33-24-19-17-20-25-33/h17-22,24-27,29,31,35H,4-16,23,28,30,32H2,1-3H3. The predicted molar refractivity (Wildman–Crippen MR) is 170 cm³/mol. The Balaban J connectivity index is 1.67. The molecule has 2 unspecified atom stereocenters. The van der Waals surface area contributed by atoms with Gasteiger partial charge in [0.2, 0.25) is 0 Å². The van der Waals surface area contributed by atoms with Crippen molar-refractivity contribution >= 4 is 0 Å². The number of hydrogen-bond acceptors (Lipinski definition) is 1. The number of rotatable bonds is 21. The van der Waals surface area contributed by atoms with Crippen LogP contribution in [0.25, 0.3) is 0 Å². The van der Waals surface area contributed by atoms with E-state index in [9.17, 15) is 0 Å². The molecule has 0 aliphatic heterocycles. The molecule has 2 aromatic carbocycles. The molecule has 2 atom stereocenters. The van der Waals surface area contributed by atoms with Crippen LogP contribution in [-0.2, 0) is 18.4 Å². The van der Waals surface area contributed by atoms with E-state index >= 15 is 0 Å². The molecule has 2 nitrogen and oxygen atoms in total. The summed E-state index contributed by atoms with van der Waals surface area (Å²) in [5.41, 5.74) is 2.83. The fraction of sp³-hybridized carbons (Fsp3) is 0.595. The molecule has 0 amide bonds. The number of imidazole rings is 1. The summed E-state index contributed by atoms with van der Waals surface area (Å²) >= 11 is 0. The van der Waals surface area contributed by atoms with Crippen LogP contribution < -0.4 is 0 Å². The number of benzene rings is 2. The summed E-state index contributed by atoms with van der Waals surface area (Å²) in [4.78, 5) is 5.04. The number of aryl methyl sites for hydroxylation is 1. The number of nitrogens with zero attached hydrogens (tertiary/aromatic N) is 2. The van der Waals surface area contributed by atoms with Crippen molar-refractivity contribution in [1.29, 1.82) is 0 Å². The zero-order chi connectivity index (χ0) is 27.6. The third kappa shape index (κ3) is 10.3. The van der Waals surface area contributed by atoms with Crippen LogP contribution in [0.2, 0.25) is 0 Å². The van der Waals surface area contributed by atoms with Gasteiger partial charge < -0.3 is 4.57 Å². The van der Waals surface area contributed by atoms with Crippen LogP contribution in [0, 0.1) is 0 Å². The maximum atomic E-state index is 5.04. The highest BCUT2D eigenvalue weighted by molar-refractivity contribution is 5.33. The number of aromatic nitrogens is 2. The molecule has 0 N–H and O–H groups in total. The molecule has 0 aliphatic rings. The summed E-state index contributed by atoms with van der Waals surface area (Å²) in [6, 6.07) is 22.4. The Morgan fingerprint density at radius 3 is 1.79 bits per heavy atom. The largest absolute Gasteiger partial charge is 0.335 e. The minimum absolute atomic E-state index is 0.0181. The normalized spacial score (nSPS) is 13.8. The molecular formula is C37H56N2. The number of unbranched alkanes of at least 4 members (excludes halogenated alkanes) is 12. The fourth-order valence-corrected chi connectivity index (χ4v) is 6.34. The lowest BCUT2D eigenvalue weighted by Crippen LogP contribution is -2.35. The molecule has 1 heterocycles. The lowest BCUT2D eigenvalue weighted by Gasteiger charge is -2.39. The third-order valence-corrected chi connectivity index (χ3v) is 8.77. The molecule has 0 saturated heterocycles. The Kier molecular flexibility index (Phi) is 14.5. The second-order valence-electron chi connectivity index (χ2n) is 12.0. The van der Waals surface area contributed by atoms with E-state index in [1.54, 1.807) is 0 Å². The SMILES string of the molecule is CCCCCCCCCCCCCCC(c1nccn1CCCC)C(C)(Cc1ccccc1)c1ccccc1. The second kappa shape index (κ2) is 18.1. The van der Waals surface area contributed by atoms with E-state index in [-0.39, 0.29) is 5.41 Å². The van der Waals surface area contributed by atoms with Crippen molar-refractivity contribution in [3.05, 3.63) is 90.0 Å². The van der Waals surface area contributed by atoms with Crippen molar-refractivity contribution in [3.8, 4) is 0 Å². The van der Waals surface area contributed by atoms with E-state index in [1.165, 1.54) is 113 Å². The lowest BCUT2D eigenvalue weighted by atomic mass is 9.66. The minimum Gasteiger partial charge on any atom is -0.335 e. The Morgan fingerprint density at radius 2 is 1.21 bits per heavy atom. The molecule has 214 valence electrons. The Hall–Kier alpha value is -2.35. The molecule has 0 bridgehead atoms. The minimum atomic E-state index is -0.0181. The molecule has 39 heavy (non-hydrogen) atoms. The average molecular weight is 529 g/mol. The van der Waals surface area contributed by atoms with Gasteiger partial charge in [-0.2, -0.15) is 0 Å². The summed E-state index contributed by atoms with van der Waals surface area (Å²) in [5, 5.41) is 0. The third-order valence-electron chi connectivity index (χ3n) is 8.77. The summed E-state index contributed by atoms with van der Waals surface area (Å²) in [7, 11) is 0. The molecule has 0 radical (unpaired) electrons. The van der Waals surface area contributed by atoms with E-state index in [2.05, 4.69) is 92.2 Å². The summed E-state index contributed by atoms with van der Waals surface area (Å²) < 4.78 is 2.46. The molecule has 2 heteroatoms. The number of hydrogen-bond donors (Lipinski definition) is 0. The molecule has 3 aromatic rings. The van der Waals surface area contributed by atoms with Gasteiger partial charge in [-0.05, 0) is 30.4 Å². The average Bonchev–Trinajstić information content (AvgIpc) is 3.43. The monoisotopic (exact) mass is 528 g/mol. The maximum absolute atomic E-state index is 5.04. The van der Waals surface area contributed by atoms with Crippen LogP contribution >= 0.6 is 0 Å². The Morgan fingerprint density at radius 1 is 0.667 bits per heavy atom.